The number of hydrogen-bond acceptors (Lipinski definition) is 3. The average molecular weight is 296 g/mol. The van der Waals surface area contributed by atoms with Crippen LogP contribution in [0, 0.1) is 5.82 Å². The predicted molar refractivity (Wildman–Crippen MR) is 77.9 cm³/mol. The van der Waals surface area contributed by atoms with E-state index in [-0.39, 0.29) is 17.6 Å². The van der Waals surface area contributed by atoms with Crippen LogP contribution >= 0.6 is 11.3 Å². The summed E-state index contributed by atoms with van der Waals surface area (Å²) in [5.41, 5.74) is 0.443. The third-order valence-corrected chi connectivity index (χ3v) is 4.35. The number of ether oxygens (including phenoxy) is 1. The first-order valence-corrected chi connectivity index (χ1v) is 7.41. The third-order valence-electron chi connectivity index (χ3n) is 3.16. The number of rotatable bonds is 6. The molecule has 1 N–H and O–H groups in total. The summed E-state index contributed by atoms with van der Waals surface area (Å²) < 4.78 is 20.3. The second-order valence-electron chi connectivity index (χ2n) is 4.74. The molecule has 0 aliphatic heterocycles. The lowest BCUT2D eigenvalue weighted by Crippen LogP contribution is -2.09. The van der Waals surface area contributed by atoms with E-state index in [1.807, 2.05) is 6.92 Å². The Bertz CT molecular complexity index is 621. The number of halogens is 1. The van der Waals surface area contributed by atoms with Gasteiger partial charge < -0.3 is 9.84 Å². The van der Waals surface area contributed by atoms with E-state index in [2.05, 4.69) is 6.92 Å². The lowest BCUT2D eigenvalue weighted by Gasteiger charge is -2.12. The van der Waals surface area contributed by atoms with Crippen molar-refractivity contribution in [2.75, 3.05) is 0 Å². The van der Waals surface area contributed by atoms with Gasteiger partial charge in [0.25, 0.3) is 0 Å². The summed E-state index contributed by atoms with van der Waals surface area (Å²) in [5.74, 6) is -1.43. The number of aromatic carboxylic acids is 1. The minimum atomic E-state index is -1.03. The second kappa shape index (κ2) is 6.33. The highest BCUT2D eigenvalue weighted by Crippen LogP contribution is 2.34. The predicted octanol–water partition coefficient (Wildman–Crippen LogP) is 4.44. The van der Waals surface area contributed by atoms with Crippen molar-refractivity contribution in [3.05, 3.63) is 34.5 Å². The zero-order chi connectivity index (χ0) is 14.7. The van der Waals surface area contributed by atoms with Crippen LogP contribution < -0.4 is 0 Å². The van der Waals surface area contributed by atoms with E-state index in [1.165, 1.54) is 6.07 Å². The summed E-state index contributed by atoms with van der Waals surface area (Å²) in [4.78, 5) is 11.5. The van der Waals surface area contributed by atoms with Crippen molar-refractivity contribution < 1.29 is 19.0 Å². The third kappa shape index (κ3) is 2.99. The lowest BCUT2D eigenvalue weighted by atomic mass is 10.1. The lowest BCUT2D eigenvalue weighted by molar-refractivity contribution is 0.0463. The van der Waals surface area contributed by atoms with Gasteiger partial charge in [0.1, 0.15) is 10.7 Å². The fourth-order valence-electron chi connectivity index (χ4n) is 2.19. The van der Waals surface area contributed by atoms with Crippen LogP contribution in [0.1, 0.15) is 41.9 Å². The average Bonchev–Trinajstić information content (AvgIpc) is 2.77. The van der Waals surface area contributed by atoms with E-state index in [4.69, 9.17) is 4.74 Å². The number of carboxylic acids is 1. The maximum Gasteiger partial charge on any atom is 0.346 e. The molecule has 2 rings (SSSR count). The highest BCUT2D eigenvalue weighted by atomic mass is 32.1. The summed E-state index contributed by atoms with van der Waals surface area (Å²) in [7, 11) is 0. The van der Waals surface area contributed by atoms with Gasteiger partial charge in [-0.1, -0.05) is 19.4 Å². The molecule has 0 saturated carbocycles. The molecule has 2 aromatic rings. The number of benzene rings is 1. The molecule has 20 heavy (non-hydrogen) atoms. The number of thiophene rings is 1. The number of carboxylic acid groups (broad SMARTS) is 1. The fourth-order valence-corrected chi connectivity index (χ4v) is 3.25. The number of hydrogen-bond donors (Lipinski definition) is 1. The SMILES string of the molecule is CCCC(C)OCc1c(C(=O)O)sc2cccc(F)c12. The van der Waals surface area contributed by atoms with Crippen molar-refractivity contribution >= 4 is 27.4 Å². The maximum atomic E-state index is 14.0. The first kappa shape index (κ1) is 14.9. The van der Waals surface area contributed by atoms with Gasteiger partial charge in [0, 0.05) is 15.6 Å². The van der Waals surface area contributed by atoms with Gasteiger partial charge in [0.05, 0.1) is 12.7 Å². The molecule has 1 unspecified atom stereocenters. The minimum absolute atomic E-state index is 0.0309. The van der Waals surface area contributed by atoms with E-state index in [1.54, 1.807) is 12.1 Å². The molecule has 0 aliphatic rings. The monoisotopic (exact) mass is 296 g/mol. The van der Waals surface area contributed by atoms with E-state index >= 15 is 0 Å². The smallest absolute Gasteiger partial charge is 0.346 e. The second-order valence-corrected chi connectivity index (χ2v) is 5.79. The zero-order valence-electron chi connectivity index (χ0n) is 11.5. The molecular formula is C15H17FO3S. The molecule has 1 aromatic heterocycles. The van der Waals surface area contributed by atoms with Crippen molar-refractivity contribution in [3.63, 3.8) is 0 Å². The topological polar surface area (TPSA) is 46.5 Å². The Kier molecular flexibility index (Phi) is 4.73. The van der Waals surface area contributed by atoms with Gasteiger partial charge in [-0.3, -0.25) is 0 Å². The van der Waals surface area contributed by atoms with Gasteiger partial charge in [-0.2, -0.15) is 0 Å². The van der Waals surface area contributed by atoms with Crippen molar-refractivity contribution in [2.45, 2.75) is 39.4 Å². The molecule has 1 atom stereocenters. The molecular weight excluding hydrogens is 279 g/mol. The van der Waals surface area contributed by atoms with Crippen LogP contribution in [-0.2, 0) is 11.3 Å². The van der Waals surface area contributed by atoms with Crippen molar-refractivity contribution in [1.82, 2.24) is 0 Å². The van der Waals surface area contributed by atoms with Gasteiger partial charge in [-0.25, -0.2) is 9.18 Å². The van der Waals surface area contributed by atoms with Crippen LogP contribution in [0.4, 0.5) is 4.39 Å². The fraction of sp³-hybridized carbons (Fsp3) is 0.400. The molecule has 0 fully saturated rings. The molecule has 3 nitrogen and oxygen atoms in total. The zero-order valence-corrected chi connectivity index (χ0v) is 12.3. The van der Waals surface area contributed by atoms with Crippen LogP contribution in [0.3, 0.4) is 0 Å². The first-order valence-electron chi connectivity index (χ1n) is 6.59. The molecule has 5 heteroatoms. The summed E-state index contributed by atoms with van der Waals surface area (Å²) in [6.07, 6.45) is 1.92. The number of carbonyl (C=O) groups is 1. The maximum absolute atomic E-state index is 14.0. The normalized spacial score (nSPS) is 12.8. The van der Waals surface area contributed by atoms with Gasteiger partial charge >= 0.3 is 5.97 Å². The van der Waals surface area contributed by atoms with Crippen molar-refractivity contribution in [2.24, 2.45) is 0 Å². The molecule has 1 heterocycles. The highest BCUT2D eigenvalue weighted by molar-refractivity contribution is 7.21. The van der Waals surface area contributed by atoms with Gasteiger partial charge in [-0.05, 0) is 25.5 Å². The van der Waals surface area contributed by atoms with Crippen LogP contribution in [0.15, 0.2) is 18.2 Å². The Morgan fingerprint density at radius 2 is 2.25 bits per heavy atom. The standard InChI is InChI=1S/C15H17FO3S/c1-3-5-9(2)19-8-10-13-11(16)6-4-7-12(13)20-14(10)15(17)18/h4,6-7,9H,3,5,8H2,1-2H3,(H,17,18). The largest absolute Gasteiger partial charge is 0.477 e. The van der Waals surface area contributed by atoms with E-state index in [9.17, 15) is 14.3 Å². The van der Waals surface area contributed by atoms with Crippen LogP contribution in [0.5, 0.6) is 0 Å². The summed E-state index contributed by atoms with van der Waals surface area (Å²) in [6, 6.07) is 4.66. The molecule has 1 aromatic carbocycles. The van der Waals surface area contributed by atoms with Crippen LogP contribution in [0.2, 0.25) is 0 Å². The molecule has 0 bridgehead atoms. The minimum Gasteiger partial charge on any atom is -0.477 e. The summed E-state index contributed by atoms with van der Waals surface area (Å²) in [5, 5.41) is 9.63. The quantitative estimate of drug-likeness (QED) is 0.857. The molecule has 0 amide bonds. The van der Waals surface area contributed by atoms with Crippen LogP contribution in [0.25, 0.3) is 10.1 Å². The molecule has 0 saturated heterocycles. The first-order chi connectivity index (χ1) is 9.54. The molecule has 108 valence electrons. The molecule has 0 aliphatic carbocycles. The Balaban J connectivity index is 2.38. The number of fused-ring (bicyclic) bond motifs is 1. The van der Waals surface area contributed by atoms with E-state index in [0.717, 1.165) is 24.2 Å². The van der Waals surface area contributed by atoms with Gasteiger partial charge in [0.2, 0.25) is 0 Å². The van der Waals surface area contributed by atoms with Crippen molar-refractivity contribution in [3.8, 4) is 0 Å². The van der Waals surface area contributed by atoms with E-state index < -0.39 is 11.8 Å². The molecule has 0 radical (unpaired) electrons. The van der Waals surface area contributed by atoms with Crippen molar-refractivity contribution in [1.29, 1.82) is 0 Å². The van der Waals surface area contributed by atoms with Gasteiger partial charge in [0.15, 0.2) is 0 Å². The van der Waals surface area contributed by atoms with Crippen LogP contribution in [-0.4, -0.2) is 17.2 Å². The van der Waals surface area contributed by atoms with E-state index in [0.29, 0.717) is 15.6 Å². The van der Waals surface area contributed by atoms with Gasteiger partial charge in [-0.15, -0.1) is 11.3 Å². The summed E-state index contributed by atoms with van der Waals surface area (Å²) in [6.45, 7) is 4.13. The Morgan fingerprint density at radius 3 is 2.90 bits per heavy atom. The Morgan fingerprint density at radius 1 is 1.50 bits per heavy atom. The molecule has 0 spiro atoms. The Labute approximate surface area is 121 Å². The highest BCUT2D eigenvalue weighted by Gasteiger charge is 2.20. The summed E-state index contributed by atoms with van der Waals surface area (Å²) >= 11 is 1.09. The Hall–Kier alpha value is -1.46.